The van der Waals surface area contributed by atoms with Gasteiger partial charge in [0.05, 0.1) is 5.02 Å². The van der Waals surface area contributed by atoms with Crippen molar-refractivity contribution in [3.05, 3.63) is 101 Å². The summed E-state index contributed by atoms with van der Waals surface area (Å²) in [6.07, 6.45) is 2.22. The highest BCUT2D eigenvalue weighted by atomic mass is 35.5. The van der Waals surface area contributed by atoms with E-state index in [0.717, 1.165) is 10.6 Å². The van der Waals surface area contributed by atoms with E-state index in [9.17, 15) is 4.79 Å². The summed E-state index contributed by atoms with van der Waals surface area (Å²) in [5.74, 6) is 0.108. The maximum Gasteiger partial charge on any atom is 0.341 e. The fourth-order valence-corrected chi connectivity index (χ4v) is 3.91. The molecule has 5 heteroatoms. The number of halogens is 1. The van der Waals surface area contributed by atoms with Crippen molar-refractivity contribution >= 4 is 34.9 Å². The molecule has 0 aliphatic rings. The Kier molecular flexibility index (Phi) is 7.39. The molecule has 148 valence electrons. The minimum atomic E-state index is -1.03. The van der Waals surface area contributed by atoms with Gasteiger partial charge in [0.25, 0.3) is 0 Å². The highest BCUT2D eigenvalue weighted by molar-refractivity contribution is 7.99. The number of ether oxygens (including phenoxy) is 1. The fraction of sp³-hybridized carbons (Fsp3) is 0.125. The van der Waals surface area contributed by atoms with E-state index in [-0.39, 0.29) is 0 Å². The van der Waals surface area contributed by atoms with Gasteiger partial charge in [-0.25, -0.2) is 4.79 Å². The number of hydrogen-bond donors (Lipinski definition) is 1. The molecule has 0 aliphatic heterocycles. The summed E-state index contributed by atoms with van der Waals surface area (Å²) < 4.78 is 5.17. The normalized spacial score (nSPS) is 11.3. The van der Waals surface area contributed by atoms with Crippen LogP contribution in [0.2, 0.25) is 5.02 Å². The number of aliphatic carboxylic acids is 1. The topological polar surface area (TPSA) is 46.5 Å². The Morgan fingerprint density at radius 1 is 1.03 bits per heavy atom. The van der Waals surface area contributed by atoms with Crippen molar-refractivity contribution < 1.29 is 14.6 Å². The molecule has 0 saturated carbocycles. The Bertz CT molecular complexity index is 998. The number of thioether (sulfide) groups is 1. The van der Waals surface area contributed by atoms with Crippen molar-refractivity contribution in [2.45, 2.75) is 11.8 Å². The number of rotatable bonds is 8. The lowest BCUT2D eigenvalue weighted by molar-refractivity contribution is -0.139. The highest BCUT2D eigenvalue weighted by Gasteiger charge is 2.07. The highest BCUT2D eigenvalue weighted by Crippen LogP contribution is 2.31. The van der Waals surface area contributed by atoms with E-state index in [1.165, 1.54) is 22.3 Å². The molecular weight excluding hydrogens is 404 g/mol. The zero-order valence-corrected chi connectivity index (χ0v) is 17.5. The average Bonchev–Trinajstić information content (AvgIpc) is 2.72. The van der Waals surface area contributed by atoms with Crippen LogP contribution in [0.4, 0.5) is 0 Å². The second-order valence-corrected chi connectivity index (χ2v) is 7.94. The van der Waals surface area contributed by atoms with Crippen molar-refractivity contribution in [2.24, 2.45) is 0 Å². The molecule has 0 heterocycles. The van der Waals surface area contributed by atoms with Crippen LogP contribution in [0.3, 0.4) is 0 Å². The quantitative estimate of drug-likeness (QED) is 0.429. The Hall–Kier alpha value is -2.69. The Labute approximate surface area is 180 Å². The molecule has 0 atom stereocenters. The summed E-state index contributed by atoms with van der Waals surface area (Å²) in [5, 5.41) is 9.12. The van der Waals surface area contributed by atoms with E-state index in [1.54, 1.807) is 23.9 Å². The third-order valence-corrected chi connectivity index (χ3v) is 5.46. The molecule has 0 amide bonds. The fourth-order valence-electron chi connectivity index (χ4n) is 2.80. The Balaban J connectivity index is 1.75. The first kappa shape index (κ1) is 21.0. The second-order valence-electron chi connectivity index (χ2n) is 6.44. The molecule has 0 saturated heterocycles. The van der Waals surface area contributed by atoms with Gasteiger partial charge in [-0.1, -0.05) is 77.8 Å². The third-order valence-electron chi connectivity index (χ3n) is 4.24. The maximum absolute atomic E-state index is 10.6. The van der Waals surface area contributed by atoms with Crippen LogP contribution in [0.25, 0.3) is 5.57 Å². The monoisotopic (exact) mass is 424 g/mol. The molecule has 3 aromatic carbocycles. The van der Waals surface area contributed by atoms with Crippen LogP contribution < -0.4 is 4.74 Å². The Morgan fingerprint density at radius 2 is 1.72 bits per heavy atom. The predicted molar refractivity (Wildman–Crippen MR) is 120 cm³/mol. The molecule has 0 fully saturated rings. The van der Waals surface area contributed by atoms with Crippen molar-refractivity contribution in [2.75, 3.05) is 12.4 Å². The van der Waals surface area contributed by atoms with E-state index < -0.39 is 12.6 Å². The molecule has 29 heavy (non-hydrogen) atoms. The lowest BCUT2D eigenvalue weighted by Gasteiger charge is -2.10. The van der Waals surface area contributed by atoms with Crippen LogP contribution >= 0.6 is 23.4 Å². The minimum Gasteiger partial charge on any atom is -0.480 e. The SMILES string of the molecule is Cc1ccc(C(=CCSc2ccc(OCC(=O)O)c(Cl)c2)c2ccccc2)cc1. The van der Waals surface area contributed by atoms with Crippen molar-refractivity contribution in [3.63, 3.8) is 0 Å². The van der Waals surface area contributed by atoms with Gasteiger partial charge in [-0.3, -0.25) is 0 Å². The number of carboxylic acids is 1. The summed E-state index contributed by atoms with van der Waals surface area (Å²) >= 11 is 7.87. The largest absolute Gasteiger partial charge is 0.480 e. The van der Waals surface area contributed by atoms with Crippen molar-refractivity contribution in [1.82, 2.24) is 0 Å². The first-order valence-electron chi connectivity index (χ1n) is 9.12. The first-order chi connectivity index (χ1) is 14.0. The molecule has 0 spiro atoms. The van der Waals surface area contributed by atoms with E-state index in [1.807, 2.05) is 24.3 Å². The summed E-state index contributed by atoms with van der Waals surface area (Å²) in [7, 11) is 0. The van der Waals surface area contributed by atoms with E-state index in [4.69, 9.17) is 21.4 Å². The Morgan fingerprint density at radius 3 is 2.38 bits per heavy atom. The van der Waals surface area contributed by atoms with Crippen molar-refractivity contribution in [1.29, 1.82) is 0 Å². The number of carboxylic acid groups (broad SMARTS) is 1. The van der Waals surface area contributed by atoms with Crippen molar-refractivity contribution in [3.8, 4) is 5.75 Å². The lowest BCUT2D eigenvalue weighted by atomic mass is 9.97. The number of benzene rings is 3. The van der Waals surface area contributed by atoms with E-state index in [2.05, 4.69) is 49.4 Å². The molecule has 3 aromatic rings. The maximum atomic E-state index is 10.6. The molecule has 3 nitrogen and oxygen atoms in total. The van der Waals surface area contributed by atoms with Gasteiger partial charge in [-0.15, -0.1) is 11.8 Å². The number of hydrogen-bond acceptors (Lipinski definition) is 3. The number of aryl methyl sites for hydroxylation is 1. The third kappa shape index (κ3) is 6.14. The van der Waals surface area contributed by atoms with Crippen LogP contribution in [0.15, 0.2) is 83.8 Å². The van der Waals surface area contributed by atoms with Gasteiger partial charge in [0.1, 0.15) is 5.75 Å². The average molecular weight is 425 g/mol. The summed E-state index contributed by atoms with van der Waals surface area (Å²) in [4.78, 5) is 11.6. The summed E-state index contributed by atoms with van der Waals surface area (Å²) in [6, 6.07) is 24.2. The molecule has 0 aliphatic carbocycles. The van der Waals surface area contributed by atoms with Crippen LogP contribution in [0.5, 0.6) is 5.75 Å². The minimum absolute atomic E-state index is 0.374. The lowest BCUT2D eigenvalue weighted by Crippen LogP contribution is -2.09. The van der Waals surface area contributed by atoms with Gasteiger partial charge in [-0.05, 0) is 41.8 Å². The predicted octanol–water partition coefficient (Wildman–Crippen LogP) is 6.34. The van der Waals surface area contributed by atoms with E-state index in [0.29, 0.717) is 10.8 Å². The van der Waals surface area contributed by atoms with Crippen LogP contribution in [0, 0.1) is 6.92 Å². The summed E-state index contributed by atoms with van der Waals surface area (Å²) in [5.41, 5.74) is 4.77. The smallest absolute Gasteiger partial charge is 0.341 e. The van der Waals surface area contributed by atoms with Gasteiger partial charge >= 0.3 is 5.97 Å². The molecule has 0 unspecified atom stereocenters. The van der Waals surface area contributed by atoms with Gasteiger partial charge < -0.3 is 9.84 Å². The molecule has 0 bridgehead atoms. The van der Waals surface area contributed by atoms with Gasteiger partial charge in [0.2, 0.25) is 0 Å². The summed E-state index contributed by atoms with van der Waals surface area (Å²) in [6.45, 7) is 1.67. The van der Waals surface area contributed by atoms with E-state index >= 15 is 0 Å². The molecule has 0 radical (unpaired) electrons. The first-order valence-corrected chi connectivity index (χ1v) is 10.5. The van der Waals surface area contributed by atoms with Gasteiger partial charge in [0.15, 0.2) is 6.61 Å². The van der Waals surface area contributed by atoms with Gasteiger partial charge in [0, 0.05) is 10.6 Å². The molecular formula is C24H21ClO3S. The zero-order valence-electron chi connectivity index (χ0n) is 16.0. The molecule has 1 N–H and O–H groups in total. The van der Waals surface area contributed by atoms with Crippen LogP contribution in [-0.2, 0) is 4.79 Å². The standard InChI is InChI=1S/C24H21ClO3S/c1-17-7-9-19(10-8-17)21(18-5-3-2-4-6-18)13-14-29-20-11-12-23(22(25)15-20)28-16-24(26)27/h2-13,15H,14,16H2,1H3,(H,26,27). The van der Waals surface area contributed by atoms with Crippen LogP contribution in [0.1, 0.15) is 16.7 Å². The molecule has 3 rings (SSSR count). The number of carbonyl (C=O) groups is 1. The van der Waals surface area contributed by atoms with Crippen LogP contribution in [-0.4, -0.2) is 23.4 Å². The zero-order chi connectivity index (χ0) is 20.6. The van der Waals surface area contributed by atoms with Gasteiger partial charge in [-0.2, -0.15) is 0 Å². The second kappa shape index (κ2) is 10.2. The molecule has 0 aromatic heterocycles.